The van der Waals surface area contributed by atoms with Crippen molar-refractivity contribution in [2.75, 3.05) is 0 Å². The molecule has 0 aliphatic heterocycles. The third-order valence-electron chi connectivity index (χ3n) is 0.858. The van der Waals surface area contributed by atoms with E-state index in [1.165, 1.54) is 0 Å². The van der Waals surface area contributed by atoms with Crippen LogP contribution in [0.4, 0.5) is 0 Å². The Morgan fingerprint density at radius 2 is 1.75 bits per heavy atom. The zero-order chi connectivity index (χ0) is 9.02. The number of halogens is 1. The molecule has 0 rings (SSSR count). The molecule has 0 saturated carbocycles. The molecule has 2 unspecified atom stereocenters. The van der Waals surface area contributed by atoms with Gasteiger partial charge in [-0.15, -0.1) is 0 Å². The molecule has 0 fully saturated rings. The Morgan fingerprint density at radius 1 is 1.33 bits per heavy atom. The number of carbonyl (C=O) groups is 2. The smallest absolute Gasteiger partial charge is 0.547 e. The summed E-state index contributed by atoms with van der Waals surface area (Å²) in [4.78, 5) is 20.0. The number of aliphatic hydroxyl groups excluding tert-OH is 2. The third-order valence-corrected chi connectivity index (χ3v) is 1.01. The topological polar surface area (TPSA) is 107 Å². The fraction of sp³-hybridized carbons (Fsp3) is 0.500. The van der Waals surface area contributed by atoms with E-state index in [1.54, 1.807) is 0 Å². The Hall–Kier alpha value is 0.786. The van der Waals surface area contributed by atoms with Crippen LogP contribution in [0, 0.1) is 0 Å². The number of hydrogen-bond donors (Lipinski definition) is 2. The Kier molecular flexibility index (Phi) is 9.18. The van der Waals surface area contributed by atoms with E-state index in [-0.39, 0.29) is 51.4 Å². The molecule has 0 spiro atoms. The van der Waals surface area contributed by atoms with Crippen LogP contribution in [0.2, 0.25) is 0 Å². The van der Waals surface area contributed by atoms with Gasteiger partial charge in [0.25, 0.3) is 0 Å². The molecule has 2 atom stereocenters. The first-order valence-electron chi connectivity index (χ1n) is 2.40. The van der Waals surface area contributed by atoms with Crippen molar-refractivity contribution in [2.45, 2.75) is 12.2 Å². The number of carboxylic acids is 1. The van der Waals surface area contributed by atoms with Gasteiger partial charge in [-0.1, -0.05) is 0 Å². The Morgan fingerprint density at radius 3 is 2.00 bits per heavy atom. The van der Waals surface area contributed by atoms with Gasteiger partial charge in [0.1, 0.15) is 18.0 Å². The van der Waals surface area contributed by atoms with Gasteiger partial charge in [-0.25, -0.2) is 4.79 Å². The third kappa shape index (κ3) is 4.72. The summed E-state index contributed by atoms with van der Waals surface area (Å²) in [7, 11) is 0. The van der Waals surface area contributed by atoms with Gasteiger partial charge in [-0.05, 0) is 0 Å². The summed E-state index contributed by atoms with van der Waals surface area (Å²) < 4.78 is 3.42. The van der Waals surface area contributed by atoms with Crippen LogP contribution in [0.5, 0.6) is 0 Å². The summed E-state index contributed by atoms with van der Waals surface area (Å²) >= 11 is 4.46. The molecule has 2 N–H and O–H groups in total. The van der Waals surface area contributed by atoms with Crippen LogP contribution in [0.25, 0.3) is 0 Å². The summed E-state index contributed by atoms with van der Waals surface area (Å²) in [6.45, 7) is 0. The summed E-state index contributed by atoms with van der Waals surface area (Å²) in [5.41, 5.74) is 0. The first-order chi connectivity index (χ1) is 5.00. The molecule has 0 aromatic carbocycles. The van der Waals surface area contributed by atoms with Crippen LogP contribution >= 0.6 is 11.9 Å². The standard InChI is InChI=1S/C4H5ClO6.K/c5-11-4(10)2(7)1(6)3(8)9;/h1-2,6-7H,(H,8,9);/q;+1/p-1. The summed E-state index contributed by atoms with van der Waals surface area (Å²) in [6, 6.07) is 0. The number of aliphatic hydroxyl groups is 2. The number of hydrogen-bond acceptors (Lipinski definition) is 6. The molecule has 0 amide bonds. The van der Waals surface area contributed by atoms with Gasteiger partial charge < -0.3 is 24.4 Å². The maximum atomic E-state index is 10.2. The second-order valence-corrected chi connectivity index (χ2v) is 1.76. The quantitative estimate of drug-likeness (QED) is 0.461. The van der Waals surface area contributed by atoms with Crippen molar-refractivity contribution >= 4 is 23.8 Å². The predicted octanol–water partition coefficient (Wildman–Crippen LogP) is -5.84. The fourth-order valence-corrected chi connectivity index (χ4v) is 0.395. The van der Waals surface area contributed by atoms with Crippen LogP contribution < -0.4 is 56.5 Å². The number of carbonyl (C=O) groups excluding carboxylic acids is 2. The van der Waals surface area contributed by atoms with Crippen LogP contribution in [-0.2, 0) is 13.9 Å². The molecule has 64 valence electrons. The first kappa shape index (κ1) is 15.3. The van der Waals surface area contributed by atoms with Crippen LogP contribution in [-0.4, -0.2) is 34.4 Å². The van der Waals surface area contributed by atoms with E-state index in [0.717, 1.165) is 0 Å². The summed E-state index contributed by atoms with van der Waals surface area (Å²) in [5, 5.41) is 26.7. The minimum atomic E-state index is -2.33. The SMILES string of the molecule is O=C([O-])C(O)C(O)C(=O)OCl.[K+]. The summed E-state index contributed by atoms with van der Waals surface area (Å²) in [6.07, 6.45) is -4.56. The predicted molar refractivity (Wildman–Crippen MR) is 29.0 cm³/mol. The number of aliphatic carboxylic acids is 1. The van der Waals surface area contributed by atoms with Crippen molar-refractivity contribution in [2.24, 2.45) is 0 Å². The summed E-state index contributed by atoms with van der Waals surface area (Å²) in [5.74, 6) is -3.44. The Bertz CT molecular complexity index is 173. The van der Waals surface area contributed by atoms with Crippen molar-refractivity contribution in [3.05, 3.63) is 0 Å². The van der Waals surface area contributed by atoms with Crippen molar-refractivity contribution < 1.29 is 80.6 Å². The fourth-order valence-electron chi connectivity index (χ4n) is 0.303. The van der Waals surface area contributed by atoms with E-state index < -0.39 is 24.1 Å². The van der Waals surface area contributed by atoms with Gasteiger partial charge in [-0.3, -0.25) is 0 Å². The van der Waals surface area contributed by atoms with Crippen molar-refractivity contribution in [3.8, 4) is 0 Å². The molecular formula is C4H4ClKO6. The van der Waals surface area contributed by atoms with Gasteiger partial charge in [0.2, 0.25) is 0 Å². The molecule has 0 bridgehead atoms. The molecule has 0 radical (unpaired) electrons. The van der Waals surface area contributed by atoms with E-state index in [1.807, 2.05) is 0 Å². The maximum Gasteiger partial charge on any atom is 1.00 e. The van der Waals surface area contributed by atoms with Crippen LogP contribution in [0.1, 0.15) is 0 Å². The average Bonchev–Trinajstić information content (AvgIpc) is 2.00. The minimum absolute atomic E-state index is 0. The van der Waals surface area contributed by atoms with E-state index in [9.17, 15) is 14.7 Å². The molecule has 0 aliphatic rings. The minimum Gasteiger partial charge on any atom is -0.547 e. The van der Waals surface area contributed by atoms with Crippen LogP contribution in [0.15, 0.2) is 0 Å². The maximum absolute atomic E-state index is 10.2. The molecule has 0 aromatic heterocycles. The molecule has 0 aromatic rings. The molecule has 8 heteroatoms. The van der Waals surface area contributed by atoms with Gasteiger partial charge in [0.05, 0.1) is 5.97 Å². The average molecular weight is 223 g/mol. The second-order valence-electron chi connectivity index (χ2n) is 1.60. The zero-order valence-electron chi connectivity index (χ0n) is 6.06. The molecule has 12 heavy (non-hydrogen) atoms. The van der Waals surface area contributed by atoms with E-state index in [4.69, 9.17) is 10.2 Å². The first-order valence-corrected chi connectivity index (χ1v) is 2.71. The molecule has 0 heterocycles. The Balaban J connectivity index is 0. The number of rotatable bonds is 3. The normalized spacial score (nSPS) is 13.9. The van der Waals surface area contributed by atoms with Crippen LogP contribution in [0.3, 0.4) is 0 Å². The Labute approximate surface area is 115 Å². The monoisotopic (exact) mass is 222 g/mol. The zero-order valence-corrected chi connectivity index (χ0v) is 9.94. The van der Waals surface area contributed by atoms with Crippen molar-refractivity contribution in [1.29, 1.82) is 0 Å². The molecule has 0 aliphatic carbocycles. The molecule has 0 saturated heterocycles. The van der Waals surface area contributed by atoms with E-state index in [0.29, 0.717) is 0 Å². The van der Waals surface area contributed by atoms with Gasteiger partial charge >= 0.3 is 57.4 Å². The van der Waals surface area contributed by atoms with Gasteiger partial charge in [0, 0.05) is 0 Å². The largest absolute Gasteiger partial charge is 1.00 e. The van der Waals surface area contributed by atoms with Gasteiger partial charge in [0.15, 0.2) is 6.10 Å². The van der Waals surface area contributed by atoms with Crippen molar-refractivity contribution in [1.82, 2.24) is 0 Å². The second kappa shape index (κ2) is 7.21. The van der Waals surface area contributed by atoms with Gasteiger partial charge in [-0.2, -0.15) is 0 Å². The van der Waals surface area contributed by atoms with E-state index in [2.05, 4.69) is 16.2 Å². The molecule has 6 nitrogen and oxygen atoms in total. The van der Waals surface area contributed by atoms with Crippen molar-refractivity contribution in [3.63, 3.8) is 0 Å². The molecular weight excluding hydrogens is 219 g/mol. The van der Waals surface area contributed by atoms with E-state index >= 15 is 0 Å². The number of carboxylic acid groups (broad SMARTS) is 1.